The molecule has 0 spiro atoms. The molecule has 0 aliphatic rings. The van der Waals surface area contributed by atoms with Crippen molar-refractivity contribution in [3.05, 3.63) is 218 Å². The van der Waals surface area contributed by atoms with Crippen molar-refractivity contribution in [1.82, 2.24) is 0 Å². The Morgan fingerprint density at radius 2 is 0.554 bits per heavy atom. The van der Waals surface area contributed by atoms with Gasteiger partial charge in [0.2, 0.25) is 0 Å². The van der Waals surface area contributed by atoms with Gasteiger partial charge in [0.15, 0.2) is 0 Å². The fourth-order valence-electron chi connectivity index (χ4n) is 8.94. The molecule has 260 valence electrons. The molecule has 0 fully saturated rings. The first kappa shape index (κ1) is 32.2. The number of rotatable bonds is 5. The predicted octanol–water partition coefficient (Wildman–Crippen LogP) is 15.8. The van der Waals surface area contributed by atoms with Crippen molar-refractivity contribution in [2.45, 2.75) is 0 Å². The molecule has 56 heavy (non-hydrogen) atoms. The number of hydrogen-bond acceptors (Lipinski definition) is 0. The molecule has 0 aliphatic carbocycles. The van der Waals surface area contributed by atoms with E-state index >= 15 is 0 Å². The number of fused-ring (bicyclic) bond motifs is 6. The summed E-state index contributed by atoms with van der Waals surface area (Å²) in [5.41, 5.74) is 12.5. The van der Waals surface area contributed by atoms with Crippen LogP contribution in [0.25, 0.3) is 109 Å². The average molecular weight is 709 g/mol. The Balaban J connectivity index is 0.974. The second-order valence-electron chi connectivity index (χ2n) is 14.8. The van der Waals surface area contributed by atoms with Crippen LogP contribution in [0.15, 0.2) is 218 Å². The lowest BCUT2D eigenvalue weighted by Gasteiger charge is -2.18. The standard InChI is InChI=1S/C56H36/c1-3-13-38(14-4-1)53-35-41-17-7-8-18-42(41)36-54(53)46-30-32-48-45(34-46)28-27-44-33-43(29-31-47(44)48)37-23-25-40(26-24-37)56-51-21-11-9-19-49(51)55(39-15-5-2-6-16-39)50-20-10-12-22-52(50)56/h1-36H. The van der Waals surface area contributed by atoms with Gasteiger partial charge in [0.1, 0.15) is 0 Å². The van der Waals surface area contributed by atoms with E-state index in [9.17, 15) is 0 Å². The van der Waals surface area contributed by atoms with Crippen molar-refractivity contribution in [3.63, 3.8) is 0 Å². The van der Waals surface area contributed by atoms with Gasteiger partial charge in [-0.05, 0) is 134 Å². The Bertz CT molecular complexity index is 3210. The average Bonchev–Trinajstić information content (AvgIpc) is 3.28. The first-order valence-corrected chi connectivity index (χ1v) is 19.4. The van der Waals surface area contributed by atoms with Crippen molar-refractivity contribution in [1.29, 1.82) is 0 Å². The summed E-state index contributed by atoms with van der Waals surface area (Å²) < 4.78 is 0. The molecule has 0 radical (unpaired) electrons. The lowest BCUT2D eigenvalue weighted by Crippen LogP contribution is -1.90. The van der Waals surface area contributed by atoms with Crippen LogP contribution in [0.4, 0.5) is 0 Å². The van der Waals surface area contributed by atoms with E-state index in [0.717, 1.165) is 0 Å². The van der Waals surface area contributed by atoms with Crippen LogP contribution in [0, 0.1) is 0 Å². The zero-order valence-corrected chi connectivity index (χ0v) is 30.8. The maximum Gasteiger partial charge on any atom is -0.00264 e. The van der Waals surface area contributed by atoms with E-state index in [-0.39, 0.29) is 0 Å². The second kappa shape index (κ2) is 13.2. The summed E-state index contributed by atoms with van der Waals surface area (Å²) in [7, 11) is 0. The van der Waals surface area contributed by atoms with Gasteiger partial charge >= 0.3 is 0 Å². The van der Waals surface area contributed by atoms with Crippen molar-refractivity contribution in [3.8, 4) is 55.6 Å². The van der Waals surface area contributed by atoms with E-state index < -0.39 is 0 Å². The molecular weight excluding hydrogens is 673 g/mol. The summed E-state index contributed by atoms with van der Waals surface area (Å²) in [6.07, 6.45) is 0. The summed E-state index contributed by atoms with van der Waals surface area (Å²) in [5.74, 6) is 0. The van der Waals surface area contributed by atoms with Gasteiger partial charge < -0.3 is 0 Å². The zero-order chi connectivity index (χ0) is 37.0. The smallest absolute Gasteiger partial charge is 0.00264 e. The third kappa shape index (κ3) is 5.38. The third-order valence-electron chi connectivity index (χ3n) is 11.6. The molecule has 0 aromatic heterocycles. The van der Waals surface area contributed by atoms with E-state index in [2.05, 4.69) is 218 Å². The van der Waals surface area contributed by atoms with Gasteiger partial charge in [-0.3, -0.25) is 0 Å². The van der Waals surface area contributed by atoms with Crippen molar-refractivity contribution < 1.29 is 0 Å². The van der Waals surface area contributed by atoms with Crippen LogP contribution in [0.2, 0.25) is 0 Å². The molecule has 0 N–H and O–H groups in total. The Labute approximate surface area is 326 Å². The first-order chi connectivity index (χ1) is 27.8. The van der Waals surface area contributed by atoms with E-state index in [1.807, 2.05) is 0 Å². The van der Waals surface area contributed by atoms with Crippen LogP contribution >= 0.6 is 0 Å². The highest BCUT2D eigenvalue weighted by atomic mass is 14.2. The molecule has 11 aromatic carbocycles. The minimum absolute atomic E-state index is 1.21. The highest BCUT2D eigenvalue weighted by Crippen LogP contribution is 2.44. The lowest BCUT2D eigenvalue weighted by atomic mass is 9.85. The summed E-state index contributed by atoms with van der Waals surface area (Å²) in [6.45, 7) is 0. The molecule has 11 rings (SSSR count). The second-order valence-corrected chi connectivity index (χ2v) is 14.8. The molecule has 0 saturated heterocycles. The Hall–Kier alpha value is -7.28. The van der Waals surface area contributed by atoms with Crippen molar-refractivity contribution >= 4 is 53.9 Å². The zero-order valence-electron chi connectivity index (χ0n) is 30.8. The van der Waals surface area contributed by atoms with Crippen LogP contribution in [-0.4, -0.2) is 0 Å². The van der Waals surface area contributed by atoms with Gasteiger partial charge in [0, 0.05) is 0 Å². The van der Waals surface area contributed by atoms with Gasteiger partial charge in [-0.2, -0.15) is 0 Å². The summed E-state index contributed by atoms with van der Waals surface area (Å²) in [5, 5.41) is 12.6. The van der Waals surface area contributed by atoms with Crippen LogP contribution in [0.5, 0.6) is 0 Å². The number of hydrogen-bond donors (Lipinski definition) is 0. The lowest BCUT2D eigenvalue weighted by molar-refractivity contribution is 1.62. The normalized spacial score (nSPS) is 11.6. The topological polar surface area (TPSA) is 0 Å². The maximum atomic E-state index is 2.36. The van der Waals surface area contributed by atoms with Crippen LogP contribution in [-0.2, 0) is 0 Å². The van der Waals surface area contributed by atoms with E-state index in [4.69, 9.17) is 0 Å². The summed E-state index contributed by atoms with van der Waals surface area (Å²) >= 11 is 0. The molecule has 0 aliphatic heterocycles. The molecule has 0 amide bonds. The number of benzene rings is 11. The molecule has 0 heterocycles. The van der Waals surface area contributed by atoms with E-state index in [1.54, 1.807) is 0 Å². The first-order valence-electron chi connectivity index (χ1n) is 19.4. The maximum absolute atomic E-state index is 2.36. The van der Waals surface area contributed by atoms with E-state index in [1.165, 1.54) is 109 Å². The molecule has 0 nitrogen and oxygen atoms in total. The van der Waals surface area contributed by atoms with Crippen LogP contribution < -0.4 is 0 Å². The van der Waals surface area contributed by atoms with Crippen LogP contribution in [0.1, 0.15) is 0 Å². The quantitative estimate of drug-likeness (QED) is 0.123. The SMILES string of the molecule is c1ccc(-c2cc3ccccc3cc2-c2ccc3c(ccc4cc(-c5ccc(-c6c7ccccc7c(-c7ccccc7)c7ccccc67)cc5)ccc43)c2)cc1. The highest BCUT2D eigenvalue weighted by Gasteiger charge is 2.17. The Morgan fingerprint density at radius 1 is 0.179 bits per heavy atom. The van der Waals surface area contributed by atoms with E-state index in [0.29, 0.717) is 0 Å². The predicted molar refractivity (Wildman–Crippen MR) is 241 cm³/mol. The summed E-state index contributed by atoms with van der Waals surface area (Å²) in [4.78, 5) is 0. The highest BCUT2D eigenvalue weighted by molar-refractivity contribution is 6.21. The van der Waals surface area contributed by atoms with Crippen molar-refractivity contribution in [2.24, 2.45) is 0 Å². The third-order valence-corrected chi connectivity index (χ3v) is 11.6. The molecule has 0 bridgehead atoms. The Morgan fingerprint density at radius 3 is 1.09 bits per heavy atom. The van der Waals surface area contributed by atoms with Gasteiger partial charge in [0.05, 0.1) is 0 Å². The monoisotopic (exact) mass is 708 g/mol. The van der Waals surface area contributed by atoms with Gasteiger partial charge in [-0.1, -0.05) is 194 Å². The fourth-order valence-corrected chi connectivity index (χ4v) is 8.94. The van der Waals surface area contributed by atoms with Crippen molar-refractivity contribution in [2.75, 3.05) is 0 Å². The molecular formula is C56H36. The molecule has 0 heteroatoms. The molecule has 0 atom stereocenters. The largest absolute Gasteiger partial charge is 0.0622 e. The molecule has 11 aromatic rings. The molecule has 0 unspecified atom stereocenters. The minimum atomic E-state index is 1.21. The van der Waals surface area contributed by atoms with Crippen LogP contribution in [0.3, 0.4) is 0 Å². The van der Waals surface area contributed by atoms with Gasteiger partial charge in [-0.15, -0.1) is 0 Å². The van der Waals surface area contributed by atoms with Gasteiger partial charge in [-0.25, -0.2) is 0 Å². The fraction of sp³-hybridized carbons (Fsp3) is 0. The van der Waals surface area contributed by atoms with Gasteiger partial charge in [0.25, 0.3) is 0 Å². The Kier molecular flexibility index (Phi) is 7.60. The summed E-state index contributed by atoms with van der Waals surface area (Å²) in [6, 6.07) is 80.2. The molecule has 0 saturated carbocycles. The minimum Gasteiger partial charge on any atom is -0.0622 e.